The van der Waals surface area contributed by atoms with E-state index in [4.69, 9.17) is 5.11 Å². The fraction of sp³-hybridized carbons (Fsp3) is 1.00. The molecule has 0 amide bonds. The van der Waals surface area contributed by atoms with E-state index in [0.717, 1.165) is 12.8 Å². The highest BCUT2D eigenvalue weighted by atomic mass is 32.2. The standard InChI is InChI=1S/C11H23NO3S2/c1-16-11(6-2-3-7-11)10-12-17(14,15)9-5-4-8-13/h12-13H,2-10H2,1H3. The van der Waals surface area contributed by atoms with E-state index in [1.807, 2.05) is 0 Å². The minimum atomic E-state index is -3.16. The van der Waals surface area contributed by atoms with Crippen LogP contribution in [0.1, 0.15) is 38.5 Å². The molecule has 1 rings (SSSR count). The molecule has 0 saturated heterocycles. The lowest BCUT2D eigenvalue weighted by Gasteiger charge is -2.26. The maximum atomic E-state index is 11.7. The Morgan fingerprint density at radius 3 is 2.47 bits per heavy atom. The van der Waals surface area contributed by atoms with Gasteiger partial charge in [0.1, 0.15) is 0 Å². The number of unbranched alkanes of at least 4 members (excludes halogenated alkanes) is 1. The van der Waals surface area contributed by atoms with Crippen molar-refractivity contribution in [3.05, 3.63) is 0 Å². The summed E-state index contributed by atoms with van der Waals surface area (Å²) < 4.78 is 26.3. The first-order valence-electron chi connectivity index (χ1n) is 6.17. The van der Waals surface area contributed by atoms with Gasteiger partial charge in [-0.05, 0) is 31.9 Å². The van der Waals surface area contributed by atoms with Crippen molar-refractivity contribution in [2.75, 3.05) is 25.2 Å². The molecule has 2 N–H and O–H groups in total. The second-order valence-corrected chi connectivity index (χ2v) is 7.87. The number of hydrogen-bond acceptors (Lipinski definition) is 4. The van der Waals surface area contributed by atoms with Crippen molar-refractivity contribution in [1.29, 1.82) is 0 Å². The van der Waals surface area contributed by atoms with Crippen molar-refractivity contribution in [3.8, 4) is 0 Å². The molecule has 0 spiro atoms. The molecule has 1 saturated carbocycles. The summed E-state index contributed by atoms with van der Waals surface area (Å²) in [5.41, 5.74) is 0. The Hall–Kier alpha value is 0.220. The van der Waals surface area contributed by atoms with Gasteiger partial charge in [-0.3, -0.25) is 0 Å². The first-order valence-corrected chi connectivity index (χ1v) is 9.05. The van der Waals surface area contributed by atoms with Crippen molar-refractivity contribution in [2.24, 2.45) is 0 Å². The van der Waals surface area contributed by atoms with E-state index in [0.29, 0.717) is 19.4 Å². The minimum Gasteiger partial charge on any atom is -0.396 e. The predicted molar refractivity (Wildman–Crippen MR) is 72.8 cm³/mol. The lowest BCUT2D eigenvalue weighted by atomic mass is 10.1. The van der Waals surface area contributed by atoms with Crippen molar-refractivity contribution < 1.29 is 13.5 Å². The molecular weight excluding hydrogens is 258 g/mol. The molecule has 1 aliphatic rings. The average molecular weight is 281 g/mol. The molecule has 17 heavy (non-hydrogen) atoms. The topological polar surface area (TPSA) is 66.4 Å². The third-order valence-corrected chi connectivity index (χ3v) is 6.21. The molecule has 0 unspecified atom stereocenters. The quantitative estimate of drug-likeness (QED) is 0.659. The van der Waals surface area contributed by atoms with Gasteiger partial charge in [-0.25, -0.2) is 13.1 Å². The average Bonchev–Trinajstić information content (AvgIpc) is 2.76. The Balaban J connectivity index is 2.37. The molecule has 1 fully saturated rings. The number of thioether (sulfide) groups is 1. The molecule has 0 aromatic heterocycles. The molecule has 0 heterocycles. The number of sulfonamides is 1. The van der Waals surface area contributed by atoms with Gasteiger partial charge in [0.25, 0.3) is 0 Å². The lowest BCUT2D eigenvalue weighted by Crippen LogP contribution is -2.39. The van der Waals surface area contributed by atoms with Crippen LogP contribution in [-0.4, -0.2) is 43.4 Å². The van der Waals surface area contributed by atoms with Crippen LogP contribution in [0.5, 0.6) is 0 Å². The normalized spacial score (nSPS) is 19.6. The molecule has 0 atom stereocenters. The predicted octanol–water partition coefficient (Wildman–Crippen LogP) is 1.35. The largest absolute Gasteiger partial charge is 0.396 e. The minimum absolute atomic E-state index is 0.0598. The first-order chi connectivity index (χ1) is 8.04. The molecule has 6 heteroatoms. The van der Waals surface area contributed by atoms with Gasteiger partial charge in [0.05, 0.1) is 5.75 Å². The van der Waals surface area contributed by atoms with Crippen LogP contribution < -0.4 is 4.72 Å². The van der Waals surface area contributed by atoms with Crippen LogP contribution in [0, 0.1) is 0 Å². The fourth-order valence-corrected chi connectivity index (χ4v) is 4.42. The van der Waals surface area contributed by atoms with Crippen molar-refractivity contribution in [3.63, 3.8) is 0 Å². The maximum absolute atomic E-state index is 11.7. The van der Waals surface area contributed by atoms with Crippen molar-refractivity contribution in [2.45, 2.75) is 43.3 Å². The van der Waals surface area contributed by atoms with Crippen LogP contribution in [0.2, 0.25) is 0 Å². The smallest absolute Gasteiger partial charge is 0.211 e. The van der Waals surface area contributed by atoms with E-state index in [2.05, 4.69) is 11.0 Å². The summed E-state index contributed by atoms with van der Waals surface area (Å²) >= 11 is 1.78. The number of rotatable bonds is 8. The van der Waals surface area contributed by atoms with Gasteiger partial charge in [-0.15, -0.1) is 0 Å². The summed E-state index contributed by atoms with van der Waals surface area (Å²) in [6.45, 7) is 0.611. The summed E-state index contributed by atoms with van der Waals surface area (Å²) in [6.07, 6.45) is 7.75. The third kappa shape index (κ3) is 5.16. The Bertz CT molecular complexity index is 311. The zero-order valence-corrected chi connectivity index (χ0v) is 12.1. The Morgan fingerprint density at radius 1 is 1.29 bits per heavy atom. The van der Waals surface area contributed by atoms with Gasteiger partial charge >= 0.3 is 0 Å². The summed E-state index contributed by atoms with van der Waals surface area (Å²) in [5, 5.41) is 8.63. The van der Waals surface area contributed by atoms with E-state index in [9.17, 15) is 8.42 Å². The molecule has 1 aliphatic carbocycles. The van der Waals surface area contributed by atoms with E-state index in [1.165, 1.54) is 12.8 Å². The molecule has 0 aromatic carbocycles. The molecule has 4 nitrogen and oxygen atoms in total. The molecule has 0 aliphatic heterocycles. The molecule has 0 bridgehead atoms. The van der Waals surface area contributed by atoms with Gasteiger partial charge in [0.15, 0.2) is 0 Å². The Morgan fingerprint density at radius 2 is 1.94 bits per heavy atom. The molecule has 0 radical (unpaired) electrons. The molecule has 0 aromatic rings. The van der Waals surface area contributed by atoms with Crippen LogP contribution in [0.15, 0.2) is 0 Å². The van der Waals surface area contributed by atoms with Crippen molar-refractivity contribution in [1.82, 2.24) is 4.72 Å². The molecular formula is C11H23NO3S2. The second kappa shape index (κ2) is 6.97. The van der Waals surface area contributed by atoms with Gasteiger partial charge in [0.2, 0.25) is 10.0 Å². The number of nitrogens with one attached hydrogen (secondary N) is 1. The highest BCUT2D eigenvalue weighted by Crippen LogP contribution is 2.39. The van der Waals surface area contributed by atoms with E-state index >= 15 is 0 Å². The SMILES string of the molecule is CSC1(CNS(=O)(=O)CCCCO)CCCC1. The van der Waals surface area contributed by atoms with E-state index in [1.54, 1.807) is 11.8 Å². The second-order valence-electron chi connectivity index (χ2n) is 4.66. The van der Waals surface area contributed by atoms with Gasteiger partial charge < -0.3 is 5.11 Å². The van der Waals surface area contributed by atoms with Gasteiger partial charge in [-0.1, -0.05) is 12.8 Å². The third-order valence-electron chi connectivity index (χ3n) is 3.38. The van der Waals surface area contributed by atoms with Crippen LogP contribution in [0.3, 0.4) is 0 Å². The van der Waals surface area contributed by atoms with Crippen LogP contribution >= 0.6 is 11.8 Å². The zero-order chi connectivity index (χ0) is 12.8. The first kappa shape index (κ1) is 15.3. The highest BCUT2D eigenvalue weighted by Gasteiger charge is 2.33. The lowest BCUT2D eigenvalue weighted by molar-refractivity contribution is 0.287. The van der Waals surface area contributed by atoms with Crippen LogP contribution in [0.4, 0.5) is 0 Å². The van der Waals surface area contributed by atoms with Crippen molar-refractivity contribution >= 4 is 21.8 Å². The zero-order valence-electron chi connectivity index (χ0n) is 10.4. The summed E-state index contributed by atoms with van der Waals surface area (Å²) in [6, 6.07) is 0. The van der Waals surface area contributed by atoms with Crippen LogP contribution in [-0.2, 0) is 10.0 Å². The number of hydrogen-bond donors (Lipinski definition) is 2. The number of aliphatic hydroxyl groups is 1. The number of aliphatic hydroxyl groups excluding tert-OH is 1. The highest BCUT2D eigenvalue weighted by molar-refractivity contribution is 8.00. The molecule has 102 valence electrons. The van der Waals surface area contributed by atoms with Gasteiger partial charge in [0, 0.05) is 17.9 Å². The summed E-state index contributed by atoms with van der Waals surface area (Å²) in [4.78, 5) is 0. The van der Waals surface area contributed by atoms with E-state index in [-0.39, 0.29) is 17.1 Å². The summed E-state index contributed by atoms with van der Waals surface area (Å²) in [5.74, 6) is 0.123. The maximum Gasteiger partial charge on any atom is 0.211 e. The summed E-state index contributed by atoms with van der Waals surface area (Å²) in [7, 11) is -3.16. The Labute approximate surface area is 109 Å². The fourth-order valence-electron chi connectivity index (χ4n) is 2.19. The monoisotopic (exact) mass is 281 g/mol. The Kier molecular flexibility index (Phi) is 6.26. The van der Waals surface area contributed by atoms with E-state index < -0.39 is 10.0 Å². The van der Waals surface area contributed by atoms with Gasteiger partial charge in [-0.2, -0.15) is 11.8 Å². The van der Waals surface area contributed by atoms with Crippen LogP contribution in [0.25, 0.3) is 0 Å².